The van der Waals surface area contributed by atoms with E-state index in [0.717, 1.165) is 4.90 Å². The van der Waals surface area contributed by atoms with E-state index in [1.807, 2.05) is 0 Å². The van der Waals surface area contributed by atoms with Gasteiger partial charge in [-0.25, -0.2) is 13.6 Å². The number of alkyl halides is 2. The summed E-state index contributed by atoms with van der Waals surface area (Å²) in [5, 5.41) is 0. The molecule has 0 aliphatic carbocycles. The van der Waals surface area contributed by atoms with Crippen molar-refractivity contribution in [1.29, 1.82) is 0 Å². The standard InChI is InChI=1S/C16H27F2NO4/c1-14(2,3)22-12(20)7-11-8-16(17,18)10-19(9-11)13(21)23-15(4,5)6/h11H,7-10H2,1-6H3. The predicted octanol–water partition coefficient (Wildman–Crippen LogP) is 3.61. The third-order valence-corrected chi connectivity index (χ3v) is 3.02. The van der Waals surface area contributed by atoms with Crippen LogP contribution in [0.2, 0.25) is 0 Å². The molecule has 1 fully saturated rings. The smallest absolute Gasteiger partial charge is 0.410 e. The van der Waals surface area contributed by atoms with Crippen LogP contribution in [0.1, 0.15) is 54.4 Å². The molecular weight excluding hydrogens is 308 g/mol. The van der Waals surface area contributed by atoms with E-state index in [9.17, 15) is 18.4 Å². The molecule has 0 saturated carbocycles. The number of rotatable bonds is 2. The Bertz CT molecular complexity index is 452. The Morgan fingerprint density at radius 3 is 2.09 bits per heavy atom. The molecule has 0 aromatic rings. The second kappa shape index (κ2) is 6.61. The highest BCUT2D eigenvalue weighted by Crippen LogP contribution is 2.33. The number of carbonyl (C=O) groups is 2. The van der Waals surface area contributed by atoms with Crippen LogP contribution in [-0.4, -0.2) is 47.2 Å². The molecule has 5 nitrogen and oxygen atoms in total. The van der Waals surface area contributed by atoms with Crippen LogP contribution in [-0.2, 0) is 14.3 Å². The molecule has 7 heteroatoms. The lowest BCUT2D eigenvalue weighted by Gasteiger charge is -2.38. The summed E-state index contributed by atoms with van der Waals surface area (Å²) in [4.78, 5) is 24.8. The number of halogens is 2. The molecule has 1 aliphatic rings. The molecule has 23 heavy (non-hydrogen) atoms. The number of piperidine rings is 1. The molecule has 134 valence electrons. The number of ether oxygens (including phenoxy) is 2. The lowest BCUT2D eigenvalue weighted by molar-refractivity contribution is -0.158. The molecule has 0 aromatic carbocycles. The fraction of sp³-hybridized carbons (Fsp3) is 0.875. The fourth-order valence-electron chi connectivity index (χ4n) is 2.43. The van der Waals surface area contributed by atoms with Crippen LogP contribution >= 0.6 is 0 Å². The highest BCUT2D eigenvalue weighted by atomic mass is 19.3. The summed E-state index contributed by atoms with van der Waals surface area (Å²) in [5.41, 5.74) is -1.43. The van der Waals surface area contributed by atoms with Gasteiger partial charge in [0, 0.05) is 13.0 Å². The Labute approximate surface area is 136 Å². The largest absolute Gasteiger partial charge is 0.460 e. The van der Waals surface area contributed by atoms with Crippen LogP contribution in [0, 0.1) is 5.92 Å². The molecule has 0 N–H and O–H groups in total. The normalized spacial score (nSPS) is 21.7. The zero-order valence-corrected chi connectivity index (χ0v) is 14.7. The number of nitrogens with zero attached hydrogens (tertiary/aromatic N) is 1. The Morgan fingerprint density at radius 1 is 1.09 bits per heavy atom. The SMILES string of the molecule is CC(C)(C)OC(=O)CC1CN(C(=O)OC(C)(C)C)CC(F)(F)C1. The summed E-state index contributed by atoms with van der Waals surface area (Å²) in [6, 6.07) is 0. The van der Waals surface area contributed by atoms with Crippen molar-refractivity contribution in [2.45, 2.75) is 71.5 Å². The van der Waals surface area contributed by atoms with E-state index in [0.29, 0.717) is 0 Å². The van der Waals surface area contributed by atoms with Gasteiger partial charge in [0.1, 0.15) is 11.2 Å². The summed E-state index contributed by atoms with van der Waals surface area (Å²) in [6.07, 6.45) is -1.37. The van der Waals surface area contributed by atoms with Gasteiger partial charge in [0.15, 0.2) is 0 Å². The first-order valence-electron chi connectivity index (χ1n) is 7.74. The number of carbonyl (C=O) groups excluding carboxylic acids is 2. The fourth-order valence-corrected chi connectivity index (χ4v) is 2.43. The Hall–Kier alpha value is -1.40. The number of amides is 1. The monoisotopic (exact) mass is 335 g/mol. The van der Waals surface area contributed by atoms with Gasteiger partial charge in [0.25, 0.3) is 5.92 Å². The van der Waals surface area contributed by atoms with E-state index in [1.54, 1.807) is 41.5 Å². The van der Waals surface area contributed by atoms with Crippen LogP contribution in [0.5, 0.6) is 0 Å². The minimum absolute atomic E-state index is 0.0593. The average Bonchev–Trinajstić information content (AvgIpc) is 2.20. The minimum Gasteiger partial charge on any atom is -0.460 e. The van der Waals surface area contributed by atoms with Crippen molar-refractivity contribution in [2.24, 2.45) is 5.92 Å². The van der Waals surface area contributed by atoms with E-state index in [-0.39, 0.29) is 13.0 Å². The molecule has 1 rings (SSSR count). The van der Waals surface area contributed by atoms with E-state index >= 15 is 0 Å². The third-order valence-electron chi connectivity index (χ3n) is 3.02. The quantitative estimate of drug-likeness (QED) is 0.723. The highest BCUT2D eigenvalue weighted by molar-refractivity contribution is 5.71. The van der Waals surface area contributed by atoms with Crippen molar-refractivity contribution in [2.75, 3.05) is 13.1 Å². The zero-order valence-electron chi connectivity index (χ0n) is 14.7. The molecule has 0 aromatic heterocycles. The average molecular weight is 335 g/mol. The van der Waals surface area contributed by atoms with Gasteiger partial charge in [0.05, 0.1) is 13.0 Å². The maximum absolute atomic E-state index is 13.9. The molecule has 0 bridgehead atoms. The Kier molecular flexibility index (Phi) is 5.65. The van der Waals surface area contributed by atoms with Gasteiger partial charge in [-0.3, -0.25) is 4.79 Å². The van der Waals surface area contributed by atoms with Gasteiger partial charge < -0.3 is 14.4 Å². The lowest BCUT2D eigenvalue weighted by atomic mass is 9.92. The van der Waals surface area contributed by atoms with Crippen molar-refractivity contribution in [3.8, 4) is 0 Å². The Balaban J connectivity index is 2.71. The number of hydrogen-bond acceptors (Lipinski definition) is 4. The first kappa shape index (κ1) is 19.6. The molecule has 1 amide bonds. The highest BCUT2D eigenvalue weighted by Gasteiger charge is 2.44. The molecule has 1 aliphatic heterocycles. The van der Waals surface area contributed by atoms with Gasteiger partial charge in [0.2, 0.25) is 0 Å². The van der Waals surface area contributed by atoms with E-state index in [1.165, 1.54) is 0 Å². The van der Waals surface area contributed by atoms with Crippen LogP contribution in [0.15, 0.2) is 0 Å². The van der Waals surface area contributed by atoms with Gasteiger partial charge >= 0.3 is 12.1 Å². The molecular formula is C16H27F2NO4. The van der Waals surface area contributed by atoms with Crippen LogP contribution in [0.4, 0.5) is 13.6 Å². The number of likely N-dealkylation sites (tertiary alicyclic amines) is 1. The number of esters is 1. The van der Waals surface area contributed by atoms with Crippen molar-refractivity contribution in [1.82, 2.24) is 4.90 Å². The Morgan fingerprint density at radius 2 is 1.61 bits per heavy atom. The topological polar surface area (TPSA) is 55.8 Å². The summed E-state index contributed by atoms with van der Waals surface area (Å²) >= 11 is 0. The lowest BCUT2D eigenvalue weighted by Crippen LogP contribution is -2.51. The second-order valence-corrected chi connectivity index (χ2v) is 8.08. The van der Waals surface area contributed by atoms with E-state index in [2.05, 4.69) is 0 Å². The first-order chi connectivity index (χ1) is 10.2. The molecule has 0 spiro atoms. The van der Waals surface area contributed by atoms with Crippen molar-refractivity contribution in [3.63, 3.8) is 0 Å². The molecule has 1 atom stereocenters. The van der Waals surface area contributed by atoms with Crippen molar-refractivity contribution >= 4 is 12.1 Å². The maximum Gasteiger partial charge on any atom is 0.410 e. The first-order valence-corrected chi connectivity index (χ1v) is 7.74. The predicted molar refractivity (Wildman–Crippen MR) is 81.3 cm³/mol. The molecule has 1 saturated heterocycles. The third kappa shape index (κ3) is 7.61. The second-order valence-electron chi connectivity index (χ2n) is 8.08. The molecule has 0 radical (unpaired) electrons. The van der Waals surface area contributed by atoms with Crippen molar-refractivity contribution in [3.05, 3.63) is 0 Å². The molecule has 1 heterocycles. The van der Waals surface area contributed by atoms with Gasteiger partial charge in [-0.15, -0.1) is 0 Å². The zero-order chi connectivity index (χ0) is 18.1. The van der Waals surface area contributed by atoms with Crippen LogP contribution in [0.25, 0.3) is 0 Å². The van der Waals surface area contributed by atoms with Crippen LogP contribution < -0.4 is 0 Å². The van der Waals surface area contributed by atoms with Gasteiger partial charge in [-0.2, -0.15) is 0 Å². The van der Waals surface area contributed by atoms with Crippen LogP contribution in [0.3, 0.4) is 0 Å². The van der Waals surface area contributed by atoms with Gasteiger partial charge in [-0.05, 0) is 47.5 Å². The summed E-state index contributed by atoms with van der Waals surface area (Å²) < 4.78 is 38.1. The maximum atomic E-state index is 13.9. The molecule has 1 unspecified atom stereocenters. The minimum atomic E-state index is -3.04. The summed E-state index contributed by atoms with van der Waals surface area (Å²) in [5.74, 6) is -4.23. The summed E-state index contributed by atoms with van der Waals surface area (Å²) in [6.45, 7) is 9.53. The summed E-state index contributed by atoms with van der Waals surface area (Å²) in [7, 11) is 0. The number of hydrogen-bond donors (Lipinski definition) is 0. The van der Waals surface area contributed by atoms with E-state index < -0.39 is 48.1 Å². The van der Waals surface area contributed by atoms with Gasteiger partial charge in [-0.1, -0.05) is 0 Å². The van der Waals surface area contributed by atoms with Crippen molar-refractivity contribution < 1.29 is 27.8 Å². The van der Waals surface area contributed by atoms with E-state index in [4.69, 9.17) is 9.47 Å².